The number of benzene rings is 1. The number of alkyl halides is 2. The van der Waals surface area contributed by atoms with Gasteiger partial charge in [-0.25, -0.2) is 18.6 Å². The van der Waals surface area contributed by atoms with Crippen LogP contribution in [0.2, 0.25) is 5.02 Å². The van der Waals surface area contributed by atoms with Gasteiger partial charge in [0.2, 0.25) is 5.92 Å². The lowest BCUT2D eigenvalue weighted by atomic mass is 9.87. The Morgan fingerprint density at radius 3 is 2.74 bits per heavy atom. The summed E-state index contributed by atoms with van der Waals surface area (Å²) in [5, 5.41) is 4.81. The molecule has 4 rings (SSSR count). The van der Waals surface area contributed by atoms with Crippen LogP contribution in [0.25, 0.3) is 11.4 Å². The molecule has 0 amide bonds. The highest BCUT2D eigenvalue weighted by Crippen LogP contribution is 2.42. The number of aromatic amines is 1. The third-order valence-corrected chi connectivity index (χ3v) is 6.69. The number of rotatable bonds is 7. The van der Waals surface area contributed by atoms with Crippen LogP contribution in [0.5, 0.6) is 5.75 Å². The number of halogens is 3. The SMILES string of the molecule is COCc1nc(C2CCC(F)(F)CC2)sc1COc1ccc(-c2noc(=O)[nH]2)c(Cl)c1. The van der Waals surface area contributed by atoms with Gasteiger partial charge in [0.15, 0.2) is 5.82 Å². The number of nitrogens with zero attached hydrogens (tertiary/aromatic N) is 2. The summed E-state index contributed by atoms with van der Waals surface area (Å²) >= 11 is 7.77. The molecule has 7 nitrogen and oxygen atoms in total. The Kier molecular flexibility index (Phi) is 6.40. The van der Waals surface area contributed by atoms with Gasteiger partial charge in [-0.05, 0) is 31.0 Å². The Morgan fingerprint density at radius 1 is 1.32 bits per heavy atom. The molecule has 1 saturated carbocycles. The fraction of sp³-hybridized carbons (Fsp3) is 0.450. The van der Waals surface area contributed by atoms with Crippen LogP contribution in [0, 0.1) is 0 Å². The third-order valence-electron chi connectivity index (χ3n) is 5.15. The summed E-state index contributed by atoms with van der Waals surface area (Å²) in [5.74, 6) is -2.45. The maximum absolute atomic E-state index is 13.5. The average Bonchev–Trinajstić information content (AvgIpc) is 3.33. The molecule has 0 atom stereocenters. The van der Waals surface area contributed by atoms with Gasteiger partial charge >= 0.3 is 5.76 Å². The largest absolute Gasteiger partial charge is 0.488 e. The van der Waals surface area contributed by atoms with Gasteiger partial charge in [0.25, 0.3) is 0 Å². The van der Waals surface area contributed by atoms with Crippen molar-refractivity contribution >= 4 is 22.9 Å². The van der Waals surface area contributed by atoms with E-state index in [1.165, 1.54) is 11.3 Å². The van der Waals surface area contributed by atoms with Crippen LogP contribution in [0.1, 0.15) is 47.2 Å². The maximum atomic E-state index is 13.5. The molecular weight excluding hydrogens is 452 g/mol. The van der Waals surface area contributed by atoms with Crippen LogP contribution in [0.15, 0.2) is 27.5 Å². The van der Waals surface area contributed by atoms with E-state index >= 15 is 0 Å². The molecule has 0 aliphatic heterocycles. The summed E-state index contributed by atoms with van der Waals surface area (Å²) in [5.41, 5.74) is 1.26. The summed E-state index contributed by atoms with van der Waals surface area (Å²) in [6, 6.07) is 4.99. The monoisotopic (exact) mass is 471 g/mol. The zero-order chi connectivity index (χ0) is 22.0. The van der Waals surface area contributed by atoms with Crippen molar-refractivity contribution in [1.29, 1.82) is 0 Å². The fourth-order valence-electron chi connectivity index (χ4n) is 3.50. The molecule has 1 aromatic carbocycles. The van der Waals surface area contributed by atoms with Crippen LogP contribution in [-0.4, -0.2) is 28.2 Å². The van der Waals surface area contributed by atoms with Crippen LogP contribution < -0.4 is 10.5 Å². The minimum absolute atomic E-state index is 0.0346. The van der Waals surface area contributed by atoms with Gasteiger partial charge < -0.3 is 9.47 Å². The molecule has 0 saturated heterocycles. The zero-order valence-electron chi connectivity index (χ0n) is 16.6. The Bertz CT molecular complexity index is 1100. The summed E-state index contributed by atoms with van der Waals surface area (Å²) in [4.78, 5) is 19.1. The minimum atomic E-state index is -2.57. The lowest BCUT2D eigenvalue weighted by Crippen LogP contribution is -2.23. The van der Waals surface area contributed by atoms with E-state index in [-0.39, 0.29) is 31.2 Å². The van der Waals surface area contributed by atoms with E-state index in [1.807, 2.05) is 0 Å². The number of ether oxygens (including phenoxy) is 2. The molecule has 11 heteroatoms. The smallest absolute Gasteiger partial charge is 0.439 e. The summed E-state index contributed by atoms with van der Waals surface area (Å²) in [6.45, 7) is 0.562. The first-order valence-electron chi connectivity index (χ1n) is 9.68. The van der Waals surface area contributed by atoms with Crippen molar-refractivity contribution < 1.29 is 22.8 Å². The van der Waals surface area contributed by atoms with Crippen molar-refractivity contribution in [2.75, 3.05) is 7.11 Å². The van der Waals surface area contributed by atoms with Crippen molar-refractivity contribution in [2.45, 2.75) is 50.7 Å². The molecule has 2 heterocycles. The van der Waals surface area contributed by atoms with E-state index in [0.717, 1.165) is 15.6 Å². The van der Waals surface area contributed by atoms with Gasteiger partial charge in [-0.1, -0.05) is 16.8 Å². The van der Waals surface area contributed by atoms with E-state index in [0.29, 0.717) is 35.8 Å². The Morgan fingerprint density at radius 2 is 2.10 bits per heavy atom. The number of hydrogen-bond donors (Lipinski definition) is 1. The molecule has 3 aromatic rings. The fourth-order valence-corrected chi connectivity index (χ4v) is 4.91. The minimum Gasteiger partial charge on any atom is -0.488 e. The molecule has 0 unspecified atom stereocenters. The van der Waals surface area contributed by atoms with Crippen molar-refractivity contribution in [2.24, 2.45) is 0 Å². The molecule has 1 aliphatic rings. The van der Waals surface area contributed by atoms with Gasteiger partial charge in [0.1, 0.15) is 12.4 Å². The quantitative estimate of drug-likeness (QED) is 0.512. The molecular formula is C20H20ClF2N3O4S. The lowest BCUT2D eigenvalue weighted by Gasteiger charge is -2.26. The zero-order valence-corrected chi connectivity index (χ0v) is 18.2. The first-order valence-corrected chi connectivity index (χ1v) is 10.9. The molecule has 0 bridgehead atoms. The van der Waals surface area contributed by atoms with Crippen LogP contribution in [0.3, 0.4) is 0 Å². The number of H-pyrrole nitrogens is 1. The first kappa shape index (κ1) is 21.9. The normalized spacial score (nSPS) is 16.5. The highest BCUT2D eigenvalue weighted by Gasteiger charge is 2.36. The molecule has 1 aliphatic carbocycles. The highest BCUT2D eigenvalue weighted by atomic mass is 35.5. The number of thiazole rings is 1. The van der Waals surface area contributed by atoms with E-state index < -0.39 is 11.7 Å². The Balaban J connectivity index is 1.47. The van der Waals surface area contributed by atoms with E-state index in [9.17, 15) is 13.6 Å². The van der Waals surface area contributed by atoms with E-state index in [4.69, 9.17) is 21.1 Å². The standard InChI is InChI=1S/C20H20ClF2N3O4S/c1-28-9-15-16(31-18(24-15)11-4-6-20(22,23)7-5-11)10-29-12-2-3-13(14(21)8-12)17-25-19(27)30-26-17/h2-3,8,11H,4-7,9-10H2,1H3,(H,25,26,27). The molecule has 0 spiro atoms. The predicted octanol–water partition coefficient (Wildman–Crippen LogP) is 5.16. The molecule has 2 aromatic heterocycles. The predicted molar refractivity (Wildman–Crippen MR) is 111 cm³/mol. The molecule has 31 heavy (non-hydrogen) atoms. The van der Waals surface area contributed by atoms with Crippen molar-refractivity contribution in [3.63, 3.8) is 0 Å². The molecule has 166 valence electrons. The topological polar surface area (TPSA) is 90.2 Å². The first-order chi connectivity index (χ1) is 14.8. The van der Waals surface area contributed by atoms with Crippen LogP contribution in [0.4, 0.5) is 8.78 Å². The van der Waals surface area contributed by atoms with Crippen LogP contribution >= 0.6 is 22.9 Å². The van der Waals surface area contributed by atoms with Crippen molar-refractivity contribution in [3.8, 4) is 17.1 Å². The number of methoxy groups -OCH3 is 1. The second-order valence-corrected chi connectivity index (χ2v) is 8.88. The Labute approximate surface area is 185 Å². The van der Waals surface area contributed by atoms with Gasteiger partial charge in [0, 0.05) is 31.4 Å². The van der Waals surface area contributed by atoms with Gasteiger partial charge in [-0.2, -0.15) is 0 Å². The summed E-state index contributed by atoms with van der Waals surface area (Å²) in [7, 11) is 1.58. The van der Waals surface area contributed by atoms with E-state index in [2.05, 4.69) is 19.6 Å². The van der Waals surface area contributed by atoms with Gasteiger partial charge in [-0.15, -0.1) is 11.3 Å². The lowest BCUT2D eigenvalue weighted by molar-refractivity contribution is -0.0382. The summed E-state index contributed by atoms with van der Waals surface area (Å²) in [6.07, 6.45) is 0.636. The van der Waals surface area contributed by atoms with Gasteiger partial charge in [0.05, 0.1) is 27.2 Å². The second-order valence-electron chi connectivity index (χ2n) is 7.36. The van der Waals surface area contributed by atoms with Crippen molar-refractivity contribution in [1.82, 2.24) is 15.1 Å². The number of aromatic nitrogens is 3. The molecule has 1 N–H and O–H groups in total. The number of hydrogen-bond acceptors (Lipinski definition) is 7. The third kappa shape index (κ3) is 5.13. The average molecular weight is 472 g/mol. The summed E-state index contributed by atoms with van der Waals surface area (Å²) < 4.78 is 42.6. The molecule has 1 fully saturated rings. The maximum Gasteiger partial charge on any atom is 0.439 e. The van der Waals surface area contributed by atoms with Crippen LogP contribution in [-0.2, 0) is 18.0 Å². The Hall–Kier alpha value is -2.30. The second kappa shape index (κ2) is 9.05. The highest BCUT2D eigenvalue weighted by molar-refractivity contribution is 7.11. The number of nitrogens with one attached hydrogen (secondary N) is 1. The van der Waals surface area contributed by atoms with Crippen molar-refractivity contribution in [3.05, 3.63) is 49.4 Å². The van der Waals surface area contributed by atoms with Gasteiger partial charge in [-0.3, -0.25) is 9.51 Å². The molecule has 0 radical (unpaired) electrons. The van der Waals surface area contributed by atoms with E-state index in [1.54, 1.807) is 25.3 Å².